The molecule has 1 aliphatic rings. The average Bonchev–Trinajstić information content (AvgIpc) is 3.31. The third-order valence-corrected chi connectivity index (χ3v) is 4.82. The van der Waals surface area contributed by atoms with Crippen molar-refractivity contribution in [1.29, 1.82) is 0 Å². The molecule has 2 aromatic carbocycles. The van der Waals surface area contributed by atoms with E-state index in [1.807, 2.05) is 53.3 Å². The third kappa shape index (κ3) is 4.59. The van der Waals surface area contributed by atoms with Crippen LogP contribution in [0.4, 0.5) is 0 Å². The Bertz CT molecular complexity index is 979. The van der Waals surface area contributed by atoms with Gasteiger partial charge in [0.05, 0.1) is 13.1 Å². The van der Waals surface area contributed by atoms with E-state index in [9.17, 15) is 4.79 Å². The van der Waals surface area contributed by atoms with Gasteiger partial charge in [0.15, 0.2) is 11.5 Å². The molecule has 2 heterocycles. The first-order chi connectivity index (χ1) is 14.0. The molecule has 0 radical (unpaired) electrons. The van der Waals surface area contributed by atoms with Gasteiger partial charge in [-0.3, -0.25) is 9.48 Å². The number of ether oxygens (including phenoxy) is 2. The van der Waals surface area contributed by atoms with Crippen molar-refractivity contribution in [2.45, 2.75) is 32.4 Å². The molecule has 150 valence electrons. The number of carbonyl (C=O) groups excluding carboxylic acids is 1. The van der Waals surface area contributed by atoms with Gasteiger partial charge < -0.3 is 14.8 Å². The van der Waals surface area contributed by atoms with Crippen molar-refractivity contribution >= 4 is 5.91 Å². The molecule has 0 unspecified atom stereocenters. The number of amides is 1. The van der Waals surface area contributed by atoms with E-state index in [4.69, 9.17) is 9.47 Å². The molecule has 6 nitrogen and oxygen atoms in total. The molecule has 0 atom stereocenters. The molecule has 1 N–H and O–H groups in total. The van der Waals surface area contributed by atoms with E-state index in [-0.39, 0.29) is 11.5 Å². The highest BCUT2D eigenvalue weighted by Gasteiger charge is 2.32. The maximum absolute atomic E-state index is 12.3. The molecule has 1 aromatic heterocycles. The van der Waals surface area contributed by atoms with Crippen LogP contribution >= 0.6 is 0 Å². The molecule has 1 amide bonds. The van der Waals surface area contributed by atoms with Gasteiger partial charge in [0.1, 0.15) is 12.2 Å². The molecule has 0 saturated carbocycles. The molecule has 0 saturated heterocycles. The van der Waals surface area contributed by atoms with Crippen LogP contribution in [-0.2, 0) is 13.0 Å². The molecular weight excluding hydrogens is 366 g/mol. The lowest BCUT2D eigenvalue weighted by atomic mass is 10.0. The summed E-state index contributed by atoms with van der Waals surface area (Å²) in [6.07, 6.45) is 4.53. The van der Waals surface area contributed by atoms with Crippen LogP contribution in [0.3, 0.4) is 0 Å². The average molecular weight is 391 g/mol. The summed E-state index contributed by atoms with van der Waals surface area (Å²) < 4.78 is 13.7. The largest absolute Gasteiger partial charge is 0.488 e. The molecule has 6 heteroatoms. The van der Waals surface area contributed by atoms with Crippen LogP contribution in [0.5, 0.6) is 11.5 Å². The Hall–Kier alpha value is -3.28. The van der Waals surface area contributed by atoms with Gasteiger partial charge in [0, 0.05) is 29.9 Å². The van der Waals surface area contributed by atoms with Crippen LogP contribution in [0.2, 0.25) is 0 Å². The summed E-state index contributed by atoms with van der Waals surface area (Å²) in [6.45, 7) is 5.61. The second kappa shape index (κ2) is 7.99. The number of aromatic nitrogens is 2. The van der Waals surface area contributed by atoms with Crippen molar-refractivity contribution in [2.24, 2.45) is 0 Å². The molecule has 0 bridgehead atoms. The van der Waals surface area contributed by atoms with Crippen molar-refractivity contribution in [1.82, 2.24) is 15.1 Å². The van der Waals surface area contributed by atoms with Gasteiger partial charge in [-0.25, -0.2) is 0 Å². The zero-order valence-corrected chi connectivity index (χ0v) is 16.7. The maximum atomic E-state index is 12.3. The molecule has 29 heavy (non-hydrogen) atoms. The van der Waals surface area contributed by atoms with Gasteiger partial charge in [-0.15, -0.1) is 0 Å². The van der Waals surface area contributed by atoms with Crippen molar-refractivity contribution < 1.29 is 14.3 Å². The molecule has 0 fully saturated rings. The summed E-state index contributed by atoms with van der Waals surface area (Å²) >= 11 is 0. The van der Waals surface area contributed by atoms with Crippen molar-refractivity contribution in [3.63, 3.8) is 0 Å². The Morgan fingerprint density at radius 1 is 1.21 bits per heavy atom. The third-order valence-electron chi connectivity index (χ3n) is 4.82. The van der Waals surface area contributed by atoms with Crippen molar-refractivity contribution in [2.75, 3.05) is 13.2 Å². The molecular formula is C23H25N3O3. The topological polar surface area (TPSA) is 65.4 Å². The summed E-state index contributed by atoms with van der Waals surface area (Å²) in [5.74, 6) is 1.43. The van der Waals surface area contributed by atoms with Crippen molar-refractivity contribution in [3.05, 3.63) is 77.6 Å². The highest BCUT2D eigenvalue weighted by atomic mass is 16.5. The molecule has 3 aromatic rings. The van der Waals surface area contributed by atoms with E-state index in [0.29, 0.717) is 25.3 Å². The van der Waals surface area contributed by atoms with E-state index >= 15 is 0 Å². The number of fused-ring (bicyclic) bond motifs is 1. The SMILES string of the molecule is CC1(C)Cc2cccc(OCCNC(=O)c3ccc(Cn4cccn4)cc3)c2O1. The maximum Gasteiger partial charge on any atom is 0.251 e. The van der Waals surface area contributed by atoms with E-state index in [2.05, 4.69) is 30.3 Å². The van der Waals surface area contributed by atoms with Crippen LogP contribution < -0.4 is 14.8 Å². The van der Waals surface area contributed by atoms with Crippen LogP contribution in [0, 0.1) is 0 Å². The Labute approximate surface area is 170 Å². The highest BCUT2D eigenvalue weighted by molar-refractivity contribution is 5.94. The fraction of sp³-hybridized carbons (Fsp3) is 0.304. The monoisotopic (exact) mass is 391 g/mol. The molecule has 4 rings (SSSR count). The minimum absolute atomic E-state index is 0.116. The highest BCUT2D eigenvalue weighted by Crippen LogP contribution is 2.41. The Kier molecular flexibility index (Phi) is 5.25. The number of benzene rings is 2. The second-order valence-electron chi connectivity index (χ2n) is 7.79. The Balaban J connectivity index is 1.26. The lowest BCUT2D eigenvalue weighted by Gasteiger charge is -2.18. The summed E-state index contributed by atoms with van der Waals surface area (Å²) in [5.41, 5.74) is 2.67. The number of para-hydroxylation sites is 1. The van der Waals surface area contributed by atoms with Crippen LogP contribution in [-0.4, -0.2) is 34.4 Å². The molecule has 0 aliphatic carbocycles. The number of rotatable bonds is 7. The van der Waals surface area contributed by atoms with E-state index in [1.165, 1.54) is 0 Å². The minimum Gasteiger partial charge on any atom is -0.488 e. The fourth-order valence-electron chi connectivity index (χ4n) is 3.47. The summed E-state index contributed by atoms with van der Waals surface area (Å²) in [6, 6.07) is 15.4. The minimum atomic E-state index is -0.209. The Morgan fingerprint density at radius 3 is 2.79 bits per heavy atom. The first-order valence-electron chi connectivity index (χ1n) is 9.78. The first kappa shape index (κ1) is 19.1. The quantitative estimate of drug-likeness (QED) is 0.627. The number of hydrogen-bond donors (Lipinski definition) is 1. The summed E-state index contributed by atoms with van der Waals surface area (Å²) in [4.78, 5) is 12.3. The summed E-state index contributed by atoms with van der Waals surface area (Å²) in [5, 5.41) is 7.08. The second-order valence-corrected chi connectivity index (χ2v) is 7.79. The van der Waals surface area contributed by atoms with Gasteiger partial charge in [-0.05, 0) is 43.7 Å². The zero-order valence-electron chi connectivity index (χ0n) is 16.7. The van der Waals surface area contributed by atoms with Gasteiger partial charge in [0.25, 0.3) is 5.91 Å². The predicted octanol–water partition coefficient (Wildman–Crippen LogP) is 3.45. The van der Waals surface area contributed by atoms with Gasteiger partial charge in [-0.2, -0.15) is 5.10 Å². The van der Waals surface area contributed by atoms with Gasteiger partial charge in [-0.1, -0.05) is 24.3 Å². The van der Waals surface area contributed by atoms with Crippen LogP contribution in [0.25, 0.3) is 0 Å². The number of nitrogens with zero attached hydrogens (tertiary/aromatic N) is 2. The first-order valence-corrected chi connectivity index (χ1v) is 9.78. The molecule has 1 aliphatic heterocycles. The smallest absolute Gasteiger partial charge is 0.251 e. The van der Waals surface area contributed by atoms with Crippen LogP contribution in [0.1, 0.15) is 35.3 Å². The van der Waals surface area contributed by atoms with Crippen molar-refractivity contribution in [3.8, 4) is 11.5 Å². The van der Waals surface area contributed by atoms with Gasteiger partial charge in [0.2, 0.25) is 0 Å². The fourth-order valence-corrected chi connectivity index (χ4v) is 3.47. The standard InChI is InChI=1S/C23H25N3O3/c1-23(2)15-19-5-3-6-20(21(19)29-23)28-14-12-24-22(27)18-9-7-17(8-10-18)16-26-13-4-11-25-26/h3-11,13H,12,14-16H2,1-2H3,(H,24,27). The number of nitrogens with one attached hydrogen (secondary N) is 1. The molecule has 0 spiro atoms. The van der Waals surface area contributed by atoms with E-state index < -0.39 is 0 Å². The predicted molar refractivity (Wildman–Crippen MR) is 110 cm³/mol. The number of carbonyl (C=O) groups is 1. The zero-order chi connectivity index (χ0) is 20.3. The lowest BCUT2D eigenvalue weighted by molar-refractivity contribution is 0.0946. The normalized spacial score (nSPS) is 14.1. The van der Waals surface area contributed by atoms with E-state index in [1.54, 1.807) is 6.20 Å². The van der Waals surface area contributed by atoms with E-state index in [0.717, 1.165) is 29.0 Å². The van der Waals surface area contributed by atoms with Gasteiger partial charge >= 0.3 is 0 Å². The van der Waals surface area contributed by atoms with Crippen LogP contribution in [0.15, 0.2) is 60.9 Å². The summed E-state index contributed by atoms with van der Waals surface area (Å²) in [7, 11) is 0. The number of hydrogen-bond acceptors (Lipinski definition) is 4. The Morgan fingerprint density at radius 2 is 2.03 bits per heavy atom. The lowest BCUT2D eigenvalue weighted by Crippen LogP contribution is -2.28.